The van der Waals surface area contributed by atoms with E-state index >= 15 is 0 Å². The molecule has 1 rings (SSSR count). The highest BCUT2D eigenvalue weighted by atomic mass is 35.5. The highest BCUT2D eigenvalue weighted by molar-refractivity contribution is 6.31. The number of aliphatic hydroxyl groups is 1. The lowest BCUT2D eigenvalue weighted by molar-refractivity contribution is -0.153. The van der Waals surface area contributed by atoms with Crippen molar-refractivity contribution in [2.24, 2.45) is 0 Å². The van der Waals surface area contributed by atoms with E-state index in [4.69, 9.17) is 11.6 Å². The molecular formula is C11H11ClF2O4. The molecule has 100 valence electrons. The molecule has 0 saturated heterocycles. The fourth-order valence-electron chi connectivity index (χ4n) is 1.36. The zero-order valence-electron chi connectivity index (χ0n) is 9.67. The third-order valence-electron chi connectivity index (χ3n) is 2.15. The largest absolute Gasteiger partial charge is 0.493 e. The number of hydrogen-bond acceptors (Lipinski definition) is 4. The fourth-order valence-corrected chi connectivity index (χ4v) is 1.50. The van der Waals surface area contributed by atoms with Crippen molar-refractivity contribution in [1.29, 1.82) is 0 Å². The topological polar surface area (TPSA) is 55.8 Å². The quantitative estimate of drug-likeness (QED) is 0.679. The molecule has 1 atom stereocenters. The van der Waals surface area contributed by atoms with E-state index in [0.29, 0.717) is 0 Å². The van der Waals surface area contributed by atoms with Gasteiger partial charge in [0.05, 0.1) is 13.7 Å². The van der Waals surface area contributed by atoms with Gasteiger partial charge in [0, 0.05) is 5.56 Å². The van der Waals surface area contributed by atoms with Gasteiger partial charge in [0.1, 0.15) is 10.8 Å². The van der Waals surface area contributed by atoms with Gasteiger partial charge in [0.15, 0.2) is 17.7 Å². The van der Waals surface area contributed by atoms with Crippen LogP contribution in [0.4, 0.5) is 8.78 Å². The van der Waals surface area contributed by atoms with E-state index in [1.165, 1.54) is 6.92 Å². The standard InChI is InChI=1S/C11H11ClF2O4/c1-3-18-11(16)9(15)5-4-6(13)7(12)8(14)10(5)17-2/h4,9,15H,3H2,1-2H3. The summed E-state index contributed by atoms with van der Waals surface area (Å²) >= 11 is 5.35. The summed E-state index contributed by atoms with van der Waals surface area (Å²) in [7, 11) is 1.11. The first-order valence-corrected chi connectivity index (χ1v) is 5.37. The molecule has 4 nitrogen and oxygen atoms in total. The number of esters is 1. The van der Waals surface area contributed by atoms with E-state index in [0.717, 1.165) is 13.2 Å². The maximum atomic E-state index is 13.6. The van der Waals surface area contributed by atoms with Gasteiger partial charge in [0.25, 0.3) is 0 Å². The number of carbonyl (C=O) groups excluding carboxylic acids is 1. The average Bonchev–Trinajstić information content (AvgIpc) is 2.35. The first kappa shape index (κ1) is 14.7. The van der Waals surface area contributed by atoms with Gasteiger partial charge < -0.3 is 14.6 Å². The highest BCUT2D eigenvalue weighted by Crippen LogP contribution is 2.35. The molecule has 1 aromatic rings. The molecule has 0 amide bonds. The Labute approximate surface area is 107 Å². The SMILES string of the molecule is CCOC(=O)C(O)c1cc(F)c(Cl)c(F)c1OC. The van der Waals surface area contributed by atoms with Gasteiger partial charge in [-0.25, -0.2) is 13.6 Å². The van der Waals surface area contributed by atoms with Gasteiger partial charge >= 0.3 is 5.97 Å². The smallest absolute Gasteiger partial charge is 0.339 e. The van der Waals surface area contributed by atoms with E-state index in [1.807, 2.05) is 0 Å². The predicted molar refractivity (Wildman–Crippen MR) is 59.5 cm³/mol. The summed E-state index contributed by atoms with van der Waals surface area (Å²) in [4.78, 5) is 11.3. The maximum absolute atomic E-state index is 13.6. The minimum atomic E-state index is -1.85. The Morgan fingerprint density at radius 2 is 2.17 bits per heavy atom. The molecule has 0 aliphatic carbocycles. The monoisotopic (exact) mass is 280 g/mol. The van der Waals surface area contributed by atoms with Crippen LogP contribution in [0.3, 0.4) is 0 Å². The number of benzene rings is 1. The van der Waals surface area contributed by atoms with Gasteiger partial charge in [0.2, 0.25) is 0 Å². The summed E-state index contributed by atoms with van der Waals surface area (Å²) in [6, 6.07) is 0.728. The van der Waals surface area contributed by atoms with E-state index in [1.54, 1.807) is 0 Å². The molecular weight excluding hydrogens is 270 g/mol. The van der Waals surface area contributed by atoms with Crippen molar-refractivity contribution in [2.45, 2.75) is 13.0 Å². The average molecular weight is 281 g/mol. The zero-order chi connectivity index (χ0) is 13.9. The van der Waals surface area contributed by atoms with Crippen molar-refractivity contribution in [1.82, 2.24) is 0 Å². The van der Waals surface area contributed by atoms with Gasteiger partial charge in [-0.3, -0.25) is 0 Å². The van der Waals surface area contributed by atoms with Gasteiger partial charge in [-0.1, -0.05) is 11.6 Å². The Bertz CT molecular complexity index is 465. The molecule has 1 aromatic carbocycles. The van der Waals surface area contributed by atoms with Crippen molar-refractivity contribution in [3.05, 3.63) is 28.3 Å². The molecule has 0 radical (unpaired) electrons. The Kier molecular flexibility index (Phi) is 4.86. The summed E-state index contributed by atoms with van der Waals surface area (Å²) in [5.74, 6) is -3.82. The molecule has 7 heteroatoms. The van der Waals surface area contributed by atoms with E-state index in [-0.39, 0.29) is 12.2 Å². The summed E-state index contributed by atoms with van der Waals surface area (Å²) in [5, 5.41) is 8.87. The van der Waals surface area contributed by atoms with Gasteiger partial charge in [-0.15, -0.1) is 0 Å². The Morgan fingerprint density at radius 1 is 1.56 bits per heavy atom. The molecule has 18 heavy (non-hydrogen) atoms. The molecule has 0 saturated carbocycles. The predicted octanol–water partition coefficient (Wildman–Crippen LogP) is 2.22. The van der Waals surface area contributed by atoms with E-state index in [2.05, 4.69) is 9.47 Å². The Morgan fingerprint density at radius 3 is 2.67 bits per heavy atom. The lowest BCUT2D eigenvalue weighted by Gasteiger charge is -2.15. The summed E-state index contributed by atoms with van der Waals surface area (Å²) in [6.07, 6.45) is -1.85. The number of carbonyl (C=O) groups is 1. The molecule has 0 fully saturated rings. The summed E-state index contributed by atoms with van der Waals surface area (Å²) < 4.78 is 36.1. The summed E-state index contributed by atoms with van der Waals surface area (Å²) in [6.45, 7) is 1.56. The van der Waals surface area contributed by atoms with Crippen LogP contribution >= 0.6 is 11.6 Å². The van der Waals surface area contributed by atoms with Crippen LogP contribution in [0.1, 0.15) is 18.6 Å². The van der Waals surface area contributed by atoms with Crippen LogP contribution in [0.5, 0.6) is 5.75 Å². The van der Waals surface area contributed by atoms with Crippen LogP contribution in [0.2, 0.25) is 5.02 Å². The Balaban J connectivity index is 3.27. The van der Waals surface area contributed by atoms with Crippen molar-refractivity contribution < 1.29 is 28.2 Å². The van der Waals surface area contributed by atoms with Crippen LogP contribution in [0.25, 0.3) is 0 Å². The fraction of sp³-hybridized carbons (Fsp3) is 0.364. The first-order valence-electron chi connectivity index (χ1n) is 5.00. The Hall–Kier alpha value is -1.40. The van der Waals surface area contributed by atoms with Gasteiger partial charge in [-0.05, 0) is 13.0 Å². The number of hydrogen-bond donors (Lipinski definition) is 1. The molecule has 0 aliphatic heterocycles. The van der Waals surface area contributed by atoms with Crippen LogP contribution < -0.4 is 4.74 Å². The highest BCUT2D eigenvalue weighted by Gasteiger charge is 2.27. The number of methoxy groups -OCH3 is 1. The normalized spacial score (nSPS) is 12.1. The second-order valence-corrected chi connectivity index (χ2v) is 3.64. The summed E-state index contributed by atoms with van der Waals surface area (Å²) in [5.41, 5.74) is -0.379. The first-order chi connectivity index (χ1) is 8.43. The maximum Gasteiger partial charge on any atom is 0.339 e. The molecule has 0 heterocycles. The van der Waals surface area contributed by atoms with Crippen LogP contribution in [0.15, 0.2) is 6.07 Å². The van der Waals surface area contributed by atoms with E-state index < -0.39 is 34.5 Å². The minimum absolute atomic E-state index is 0.0246. The third-order valence-corrected chi connectivity index (χ3v) is 2.50. The molecule has 0 spiro atoms. The van der Waals surface area contributed by atoms with Crippen molar-refractivity contribution in [3.8, 4) is 5.75 Å². The van der Waals surface area contributed by atoms with Crippen LogP contribution in [-0.2, 0) is 9.53 Å². The van der Waals surface area contributed by atoms with Crippen molar-refractivity contribution >= 4 is 17.6 Å². The number of halogens is 3. The van der Waals surface area contributed by atoms with Crippen LogP contribution in [0, 0.1) is 11.6 Å². The van der Waals surface area contributed by atoms with Crippen molar-refractivity contribution in [3.63, 3.8) is 0 Å². The molecule has 1 unspecified atom stereocenters. The molecule has 1 N–H and O–H groups in total. The second-order valence-electron chi connectivity index (χ2n) is 3.26. The number of aliphatic hydroxyl groups excluding tert-OH is 1. The van der Waals surface area contributed by atoms with Crippen molar-refractivity contribution in [2.75, 3.05) is 13.7 Å². The van der Waals surface area contributed by atoms with Gasteiger partial charge in [-0.2, -0.15) is 0 Å². The lowest BCUT2D eigenvalue weighted by atomic mass is 10.1. The van der Waals surface area contributed by atoms with E-state index in [9.17, 15) is 18.7 Å². The lowest BCUT2D eigenvalue weighted by Crippen LogP contribution is -2.17. The third kappa shape index (κ3) is 2.70. The molecule has 0 aliphatic rings. The number of ether oxygens (including phenoxy) is 2. The van der Waals surface area contributed by atoms with Crippen LogP contribution in [-0.4, -0.2) is 24.8 Å². The second kappa shape index (κ2) is 5.97. The minimum Gasteiger partial charge on any atom is -0.493 e. The molecule has 0 bridgehead atoms. The number of rotatable bonds is 4. The zero-order valence-corrected chi connectivity index (χ0v) is 10.4. The molecule has 0 aromatic heterocycles.